The Labute approximate surface area is 206 Å². The summed E-state index contributed by atoms with van der Waals surface area (Å²) in [7, 11) is 0. The van der Waals surface area contributed by atoms with Crippen LogP contribution in [0.15, 0.2) is 48.5 Å². The molecule has 2 aromatic carbocycles. The van der Waals surface area contributed by atoms with Crippen molar-refractivity contribution in [1.29, 1.82) is 0 Å². The average molecular weight is 479 g/mol. The quantitative estimate of drug-likeness (QED) is 0.503. The summed E-state index contributed by atoms with van der Waals surface area (Å²) < 4.78 is 5.63. The van der Waals surface area contributed by atoms with Gasteiger partial charge in [0.05, 0.1) is 5.92 Å². The number of alkyl carbamates (subject to hydrolysis) is 1. The lowest BCUT2D eigenvalue weighted by atomic mass is 9.85. The summed E-state index contributed by atoms with van der Waals surface area (Å²) in [5.74, 6) is -1.31. The van der Waals surface area contributed by atoms with Crippen molar-refractivity contribution in [3.63, 3.8) is 0 Å². The largest absolute Gasteiger partial charge is 0.481 e. The van der Waals surface area contributed by atoms with Crippen LogP contribution in [0.3, 0.4) is 0 Å². The van der Waals surface area contributed by atoms with Crippen LogP contribution in [0, 0.1) is 5.92 Å². The van der Waals surface area contributed by atoms with Gasteiger partial charge in [0.15, 0.2) is 0 Å². The Hall–Kier alpha value is -3.35. The summed E-state index contributed by atoms with van der Waals surface area (Å²) in [4.78, 5) is 36.3. The maximum atomic E-state index is 12.6. The Bertz CT molecular complexity index is 1050. The number of nitrogens with one attached hydrogen (secondary N) is 2. The lowest BCUT2D eigenvalue weighted by Crippen LogP contribution is -2.45. The van der Waals surface area contributed by atoms with Crippen LogP contribution in [0.1, 0.15) is 69.4 Å². The topological polar surface area (TPSA) is 105 Å². The SMILES string of the molecule is CC(C)(CCC(=O)NC1CCCC(C(=O)O)C1)NC(=O)OCC1c2ccccc2-c2ccccc21. The van der Waals surface area contributed by atoms with E-state index in [-0.39, 0.29) is 36.8 Å². The molecular formula is C28H34N2O5. The number of carbonyl (C=O) groups is 3. The molecule has 0 bridgehead atoms. The van der Waals surface area contributed by atoms with Crippen molar-refractivity contribution in [1.82, 2.24) is 10.6 Å². The minimum absolute atomic E-state index is 0.00726. The third-order valence-electron chi connectivity index (χ3n) is 7.15. The van der Waals surface area contributed by atoms with Gasteiger partial charge in [-0.2, -0.15) is 0 Å². The van der Waals surface area contributed by atoms with E-state index < -0.39 is 17.6 Å². The van der Waals surface area contributed by atoms with Crippen LogP contribution < -0.4 is 10.6 Å². The highest BCUT2D eigenvalue weighted by atomic mass is 16.5. The van der Waals surface area contributed by atoms with E-state index in [1.54, 1.807) is 0 Å². The second kappa shape index (κ2) is 10.5. The predicted octanol–water partition coefficient (Wildman–Crippen LogP) is 4.84. The smallest absolute Gasteiger partial charge is 0.407 e. The van der Waals surface area contributed by atoms with Crippen LogP contribution >= 0.6 is 0 Å². The third-order valence-corrected chi connectivity index (χ3v) is 7.15. The number of hydrogen-bond acceptors (Lipinski definition) is 4. The highest BCUT2D eigenvalue weighted by molar-refractivity contribution is 5.79. The first-order chi connectivity index (χ1) is 16.7. The predicted molar refractivity (Wildman–Crippen MR) is 133 cm³/mol. The summed E-state index contributed by atoms with van der Waals surface area (Å²) in [5, 5.41) is 15.1. The first kappa shape index (κ1) is 24.8. The van der Waals surface area contributed by atoms with Gasteiger partial charge in [0.2, 0.25) is 5.91 Å². The number of rotatable bonds is 8. The van der Waals surface area contributed by atoms with Crippen molar-refractivity contribution >= 4 is 18.0 Å². The fourth-order valence-electron chi connectivity index (χ4n) is 5.24. The number of ether oxygens (including phenoxy) is 1. The molecule has 2 unspecified atom stereocenters. The van der Waals surface area contributed by atoms with Gasteiger partial charge >= 0.3 is 12.1 Å². The van der Waals surface area contributed by atoms with Gasteiger partial charge in [-0.25, -0.2) is 4.79 Å². The first-order valence-corrected chi connectivity index (χ1v) is 12.4. The van der Waals surface area contributed by atoms with Gasteiger partial charge in [-0.15, -0.1) is 0 Å². The van der Waals surface area contributed by atoms with E-state index in [0.717, 1.165) is 24.0 Å². The first-order valence-electron chi connectivity index (χ1n) is 12.4. The molecule has 0 heterocycles. The van der Waals surface area contributed by atoms with E-state index in [1.807, 2.05) is 38.1 Å². The lowest BCUT2D eigenvalue weighted by Gasteiger charge is -2.29. The van der Waals surface area contributed by atoms with Crippen LogP contribution in [0.25, 0.3) is 11.1 Å². The molecule has 0 spiro atoms. The van der Waals surface area contributed by atoms with E-state index in [0.29, 0.717) is 19.3 Å². The minimum atomic E-state index is -0.794. The molecule has 2 atom stereocenters. The zero-order chi connectivity index (χ0) is 25.0. The highest BCUT2D eigenvalue weighted by Crippen LogP contribution is 2.44. The van der Waals surface area contributed by atoms with Crippen molar-refractivity contribution in [3.05, 3.63) is 59.7 Å². The van der Waals surface area contributed by atoms with Gasteiger partial charge in [0, 0.05) is 23.9 Å². The molecule has 2 amide bonds. The van der Waals surface area contributed by atoms with Crippen molar-refractivity contribution in [2.24, 2.45) is 5.92 Å². The van der Waals surface area contributed by atoms with E-state index in [4.69, 9.17) is 4.74 Å². The molecule has 2 aliphatic carbocycles. The van der Waals surface area contributed by atoms with Gasteiger partial charge in [-0.3, -0.25) is 9.59 Å². The lowest BCUT2D eigenvalue weighted by molar-refractivity contribution is -0.143. The molecule has 0 saturated heterocycles. The number of fused-ring (bicyclic) bond motifs is 3. The third kappa shape index (κ3) is 6.02. The molecule has 1 saturated carbocycles. The van der Waals surface area contributed by atoms with Gasteiger partial charge in [-0.05, 0) is 61.8 Å². The van der Waals surface area contributed by atoms with Crippen LogP contribution in [-0.4, -0.2) is 41.3 Å². The zero-order valence-electron chi connectivity index (χ0n) is 20.4. The summed E-state index contributed by atoms with van der Waals surface area (Å²) in [5.41, 5.74) is 4.04. The molecule has 186 valence electrons. The Balaban J connectivity index is 1.25. The average Bonchev–Trinajstić information content (AvgIpc) is 3.15. The Morgan fingerprint density at radius 2 is 1.63 bits per heavy atom. The molecule has 0 aliphatic heterocycles. The number of hydrogen-bond donors (Lipinski definition) is 3. The van der Waals surface area contributed by atoms with E-state index in [2.05, 4.69) is 34.9 Å². The maximum Gasteiger partial charge on any atom is 0.407 e. The molecule has 35 heavy (non-hydrogen) atoms. The van der Waals surface area contributed by atoms with Crippen molar-refractivity contribution < 1.29 is 24.2 Å². The zero-order valence-corrected chi connectivity index (χ0v) is 20.4. The fraction of sp³-hybridized carbons (Fsp3) is 0.464. The standard InChI is InChI=1S/C28H34N2O5/c1-28(2,15-14-25(31)29-19-9-7-8-18(16-19)26(32)33)30-27(34)35-17-24-22-12-5-3-10-20(22)21-11-4-6-13-23(21)24/h3-6,10-13,18-19,24H,7-9,14-17H2,1-2H3,(H,29,31)(H,30,34)(H,32,33). The highest BCUT2D eigenvalue weighted by Gasteiger charge is 2.31. The van der Waals surface area contributed by atoms with Crippen LogP contribution in [0.4, 0.5) is 4.79 Å². The van der Waals surface area contributed by atoms with Gasteiger partial charge in [-0.1, -0.05) is 55.0 Å². The van der Waals surface area contributed by atoms with E-state index >= 15 is 0 Å². The number of carbonyl (C=O) groups excluding carboxylic acids is 2. The maximum absolute atomic E-state index is 12.6. The normalized spacial score (nSPS) is 19.4. The van der Waals surface area contributed by atoms with Gasteiger partial charge in [0.25, 0.3) is 0 Å². The summed E-state index contributed by atoms with van der Waals surface area (Å²) >= 11 is 0. The molecule has 2 aliphatic rings. The van der Waals surface area contributed by atoms with E-state index in [9.17, 15) is 19.5 Å². The van der Waals surface area contributed by atoms with Crippen LogP contribution in [0.2, 0.25) is 0 Å². The molecular weight excluding hydrogens is 444 g/mol. The van der Waals surface area contributed by atoms with E-state index in [1.165, 1.54) is 11.1 Å². The molecule has 1 fully saturated rings. The Morgan fingerprint density at radius 3 is 2.26 bits per heavy atom. The Kier molecular flexibility index (Phi) is 7.43. The monoisotopic (exact) mass is 478 g/mol. The second-order valence-corrected chi connectivity index (χ2v) is 10.3. The summed E-state index contributed by atoms with van der Waals surface area (Å²) in [6.07, 6.45) is 2.92. The van der Waals surface area contributed by atoms with Gasteiger partial charge < -0.3 is 20.5 Å². The molecule has 4 rings (SSSR count). The number of carboxylic acids is 1. The number of aliphatic carboxylic acids is 1. The minimum Gasteiger partial charge on any atom is -0.481 e. The van der Waals surface area contributed by atoms with Gasteiger partial charge in [0.1, 0.15) is 6.61 Å². The second-order valence-electron chi connectivity index (χ2n) is 10.3. The van der Waals surface area contributed by atoms with Crippen molar-refractivity contribution in [2.75, 3.05) is 6.61 Å². The van der Waals surface area contributed by atoms with Crippen LogP contribution in [0.5, 0.6) is 0 Å². The van der Waals surface area contributed by atoms with Crippen molar-refractivity contribution in [3.8, 4) is 11.1 Å². The molecule has 7 nitrogen and oxygen atoms in total. The molecule has 7 heteroatoms. The van der Waals surface area contributed by atoms with Crippen LogP contribution in [-0.2, 0) is 14.3 Å². The summed E-state index contributed by atoms with van der Waals surface area (Å²) in [6.45, 7) is 3.97. The molecule has 0 radical (unpaired) electrons. The summed E-state index contributed by atoms with van der Waals surface area (Å²) in [6, 6.07) is 16.3. The number of amides is 2. The molecule has 3 N–H and O–H groups in total. The number of carboxylic acid groups (broad SMARTS) is 1. The van der Waals surface area contributed by atoms with Crippen molar-refractivity contribution in [2.45, 2.75) is 69.9 Å². The molecule has 2 aromatic rings. The fourth-order valence-corrected chi connectivity index (χ4v) is 5.24. The number of benzene rings is 2. The molecule has 0 aromatic heterocycles. The Morgan fingerprint density at radius 1 is 1.00 bits per heavy atom.